The molecule has 0 aliphatic carbocycles. The van der Waals surface area contributed by atoms with Gasteiger partial charge in [-0.1, -0.05) is 170 Å². The molecule has 0 aliphatic heterocycles. The zero-order valence-corrected chi connectivity index (χ0v) is 32.5. The van der Waals surface area contributed by atoms with Gasteiger partial charge in [-0.2, -0.15) is 0 Å². The molecule has 11 aromatic rings. The molecule has 1 heterocycles. The lowest BCUT2D eigenvalue weighted by Crippen LogP contribution is -2.09. The number of fused-ring (bicyclic) bond motifs is 6. The van der Waals surface area contributed by atoms with Crippen molar-refractivity contribution < 1.29 is 0 Å². The zero-order chi connectivity index (χ0) is 38.4. The first kappa shape index (κ1) is 34.0. The molecular formula is C56H37NS. The van der Waals surface area contributed by atoms with Gasteiger partial charge in [0, 0.05) is 37.2 Å². The minimum atomic E-state index is 1.10. The molecule has 0 saturated carbocycles. The number of rotatable bonds is 7. The third-order valence-corrected chi connectivity index (χ3v) is 12.7. The van der Waals surface area contributed by atoms with Crippen molar-refractivity contribution in [3.8, 4) is 44.5 Å². The molecule has 1 nitrogen and oxygen atoms in total. The summed E-state index contributed by atoms with van der Waals surface area (Å²) in [5.74, 6) is 0. The van der Waals surface area contributed by atoms with Crippen molar-refractivity contribution in [1.82, 2.24) is 0 Å². The van der Waals surface area contributed by atoms with Crippen LogP contribution in [0.15, 0.2) is 224 Å². The molecule has 0 unspecified atom stereocenters. The highest BCUT2D eigenvalue weighted by Crippen LogP contribution is 2.41. The molecule has 2 heteroatoms. The molecule has 0 N–H and O–H groups in total. The van der Waals surface area contributed by atoms with Crippen molar-refractivity contribution >= 4 is 70.1 Å². The average Bonchev–Trinajstić information content (AvgIpc) is 3.68. The smallest absolute Gasteiger partial charge is 0.0462 e. The van der Waals surface area contributed by atoms with Crippen molar-refractivity contribution in [2.24, 2.45) is 0 Å². The van der Waals surface area contributed by atoms with Crippen molar-refractivity contribution in [2.45, 2.75) is 0 Å². The molecule has 11 rings (SSSR count). The Bertz CT molecular complexity index is 3230. The molecule has 1 aromatic heterocycles. The molecule has 0 bridgehead atoms. The molecule has 0 saturated heterocycles. The molecule has 0 aliphatic rings. The van der Waals surface area contributed by atoms with Crippen molar-refractivity contribution in [2.75, 3.05) is 4.90 Å². The van der Waals surface area contributed by atoms with Gasteiger partial charge in [-0.05, 0) is 121 Å². The van der Waals surface area contributed by atoms with Gasteiger partial charge >= 0.3 is 0 Å². The first-order chi connectivity index (χ1) is 28.7. The van der Waals surface area contributed by atoms with Crippen LogP contribution in [0.2, 0.25) is 0 Å². The maximum absolute atomic E-state index is 2.36. The minimum absolute atomic E-state index is 1.10. The number of hydrogen-bond acceptors (Lipinski definition) is 2. The molecule has 272 valence electrons. The Morgan fingerprint density at radius 2 is 0.741 bits per heavy atom. The number of hydrogen-bond donors (Lipinski definition) is 0. The lowest BCUT2D eigenvalue weighted by molar-refractivity contribution is 1.28. The second-order valence-electron chi connectivity index (χ2n) is 14.9. The fourth-order valence-corrected chi connectivity index (χ4v) is 9.61. The van der Waals surface area contributed by atoms with E-state index >= 15 is 0 Å². The Hall–Kier alpha value is -7.26. The van der Waals surface area contributed by atoms with E-state index in [0.717, 1.165) is 17.1 Å². The maximum atomic E-state index is 2.36. The number of anilines is 3. The summed E-state index contributed by atoms with van der Waals surface area (Å²) in [6.45, 7) is 0. The van der Waals surface area contributed by atoms with Gasteiger partial charge in [-0.25, -0.2) is 0 Å². The van der Waals surface area contributed by atoms with Crippen LogP contribution in [0.5, 0.6) is 0 Å². The summed E-state index contributed by atoms with van der Waals surface area (Å²) in [7, 11) is 0. The average molecular weight is 756 g/mol. The van der Waals surface area contributed by atoms with Crippen LogP contribution in [0.4, 0.5) is 17.1 Å². The Morgan fingerprint density at radius 3 is 1.41 bits per heavy atom. The fourth-order valence-electron chi connectivity index (χ4n) is 8.53. The Balaban J connectivity index is 0.961. The van der Waals surface area contributed by atoms with Gasteiger partial charge in [0.05, 0.1) is 0 Å². The van der Waals surface area contributed by atoms with E-state index in [1.807, 2.05) is 11.3 Å². The zero-order valence-electron chi connectivity index (χ0n) is 31.7. The van der Waals surface area contributed by atoms with E-state index in [-0.39, 0.29) is 0 Å². The van der Waals surface area contributed by atoms with Gasteiger partial charge in [0.25, 0.3) is 0 Å². The lowest BCUT2D eigenvalue weighted by atomic mass is 9.94. The van der Waals surface area contributed by atoms with Gasteiger partial charge in [-0.3, -0.25) is 0 Å². The predicted molar refractivity (Wildman–Crippen MR) is 251 cm³/mol. The first-order valence-corrected chi connectivity index (χ1v) is 20.6. The Morgan fingerprint density at radius 1 is 0.259 bits per heavy atom. The largest absolute Gasteiger partial charge is 0.311 e. The van der Waals surface area contributed by atoms with E-state index in [1.54, 1.807) is 0 Å². The highest BCUT2D eigenvalue weighted by molar-refractivity contribution is 7.25. The van der Waals surface area contributed by atoms with Gasteiger partial charge in [-0.15, -0.1) is 11.3 Å². The van der Waals surface area contributed by atoms with Gasteiger partial charge < -0.3 is 4.90 Å². The monoisotopic (exact) mass is 755 g/mol. The van der Waals surface area contributed by atoms with E-state index in [1.165, 1.54) is 86.2 Å². The van der Waals surface area contributed by atoms with Crippen LogP contribution >= 0.6 is 11.3 Å². The van der Waals surface area contributed by atoms with Crippen LogP contribution in [0.25, 0.3) is 86.2 Å². The predicted octanol–water partition coefficient (Wildman–Crippen LogP) is 16.5. The highest BCUT2D eigenvalue weighted by atomic mass is 32.1. The van der Waals surface area contributed by atoms with Gasteiger partial charge in [0.15, 0.2) is 0 Å². The number of benzene rings is 10. The molecule has 10 aromatic carbocycles. The third-order valence-electron chi connectivity index (χ3n) is 11.5. The van der Waals surface area contributed by atoms with E-state index < -0.39 is 0 Å². The van der Waals surface area contributed by atoms with Crippen molar-refractivity contribution in [1.29, 1.82) is 0 Å². The van der Waals surface area contributed by atoms with E-state index in [4.69, 9.17) is 0 Å². The molecule has 58 heavy (non-hydrogen) atoms. The molecular weight excluding hydrogens is 719 g/mol. The topological polar surface area (TPSA) is 3.24 Å². The van der Waals surface area contributed by atoms with Crippen molar-refractivity contribution in [3.63, 3.8) is 0 Å². The van der Waals surface area contributed by atoms with Gasteiger partial charge in [0.1, 0.15) is 0 Å². The molecule has 0 fully saturated rings. The van der Waals surface area contributed by atoms with Crippen LogP contribution in [0, 0.1) is 0 Å². The molecule has 0 amide bonds. The summed E-state index contributed by atoms with van der Waals surface area (Å²) in [5, 5.41) is 7.73. The normalized spacial score (nSPS) is 11.4. The third kappa shape index (κ3) is 6.12. The lowest BCUT2D eigenvalue weighted by Gasteiger charge is -2.26. The van der Waals surface area contributed by atoms with Crippen LogP contribution in [0.1, 0.15) is 0 Å². The summed E-state index contributed by atoms with van der Waals surface area (Å²) in [4.78, 5) is 2.36. The van der Waals surface area contributed by atoms with Gasteiger partial charge in [0.2, 0.25) is 0 Å². The highest BCUT2D eigenvalue weighted by Gasteiger charge is 2.15. The fraction of sp³-hybridized carbons (Fsp3) is 0. The number of thiophene rings is 1. The summed E-state index contributed by atoms with van der Waals surface area (Å²) in [5.41, 5.74) is 13.0. The quantitative estimate of drug-likeness (QED) is 0.146. The molecule has 0 radical (unpaired) electrons. The maximum Gasteiger partial charge on any atom is 0.0462 e. The molecule has 0 atom stereocenters. The number of nitrogens with zero attached hydrogens (tertiary/aromatic N) is 1. The second kappa shape index (κ2) is 14.4. The van der Waals surface area contributed by atoms with Crippen LogP contribution < -0.4 is 4.90 Å². The minimum Gasteiger partial charge on any atom is -0.311 e. The first-order valence-electron chi connectivity index (χ1n) is 19.8. The van der Waals surface area contributed by atoms with Crippen LogP contribution in [-0.4, -0.2) is 0 Å². The van der Waals surface area contributed by atoms with E-state index in [2.05, 4.69) is 229 Å². The SMILES string of the molecule is c1ccc(-c2ccc(-c3ccc(N(c4ccc(-c5ccc6sc7ccccc7c6c5)cc4)c4ccc(-c5cccc6c5ccc5ccccc56)cc4)cc3)cc2)cc1. The standard InChI is InChI=1S/C56H37NS/c1-2-9-38(10-3-1)39-17-19-40(20-18-39)41-21-29-46(30-22-41)57(47-31-23-42(24-32-47)45-28-36-56-54(37-45)53-13-6-7-16-55(53)58-56)48-33-25-44(26-34-48)50-14-8-15-51-49-12-5-4-11-43(49)27-35-52(50)51/h1-37H. The summed E-state index contributed by atoms with van der Waals surface area (Å²) in [6, 6.07) is 81.9. The van der Waals surface area contributed by atoms with Crippen LogP contribution in [0.3, 0.4) is 0 Å². The Labute approximate surface area is 342 Å². The second-order valence-corrected chi connectivity index (χ2v) is 16.0. The van der Waals surface area contributed by atoms with Crippen molar-refractivity contribution in [3.05, 3.63) is 224 Å². The summed E-state index contributed by atoms with van der Waals surface area (Å²) >= 11 is 1.86. The summed E-state index contributed by atoms with van der Waals surface area (Å²) in [6.07, 6.45) is 0. The molecule has 0 spiro atoms. The van der Waals surface area contributed by atoms with E-state index in [0.29, 0.717) is 0 Å². The Kier molecular flexibility index (Phi) is 8.42. The van der Waals surface area contributed by atoms with Crippen LogP contribution in [-0.2, 0) is 0 Å². The summed E-state index contributed by atoms with van der Waals surface area (Å²) < 4.78 is 2.65. The van der Waals surface area contributed by atoms with E-state index in [9.17, 15) is 0 Å².